The molecular weight excluding hydrogens is 290 g/mol. The fourth-order valence-electron chi connectivity index (χ4n) is 1.82. The predicted octanol–water partition coefficient (Wildman–Crippen LogP) is 3.97. The van der Waals surface area contributed by atoms with E-state index in [0.717, 1.165) is 27.9 Å². The second kappa shape index (κ2) is 7.16. The molecule has 0 amide bonds. The van der Waals surface area contributed by atoms with Gasteiger partial charge in [-0.3, -0.25) is 4.68 Å². The van der Waals surface area contributed by atoms with Gasteiger partial charge in [0.2, 0.25) is 0 Å². The number of halogens is 1. The molecule has 2 rings (SSSR count). The van der Waals surface area contributed by atoms with Crippen LogP contribution in [0.15, 0.2) is 40.4 Å². The van der Waals surface area contributed by atoms with Crippen LogP contribution >= 0.6 is 23.4 Å². The van der Waals surface area contributed by atoms with E-state index in [0.29, 0.717) is 5.92 Å². The largest absolute Gasteiger partial charge is 0.312 e. The summed E-state index contributed by atoms with van der Waals surface area (Å²) in [6, 6.07) is 6.23. The number of aromatic nitrogens is 2. The first-order valence-electron chi connectivity index (χ1n) is 6.70. The molecule has 0 fully saturated rings. The molecule has 0 aliphatic rings. The molecule has 3 nitrogen and oxygen atoms in total. The third-order valence-corrected chi connectivity index (χ3v) is 4.23. The van der Waals surface area contributed by atoms with Crippen LogP contribution in [0.3, 0.4) is 0 Å². The minimum absolute atomic E-state index is 0.658. The van der Waals surface area contributed by atoms with Crippen molar-refractivity contribution >= 4 is 23.4 Å². The number of nitrogens with one attached hydrogen (secondary N) is 1. The molecule has 0 spiro atoms. The molecule has 0 atom stereocenters. The van der Waals surface area contributed by atoms with E-state index in [1.807, 2.05) is 25.5 Å². The van der Waals surface area contributed by atoms with E-state index in [2.05, 4.69) is 36.4 Å². The monoisotopic (exact) mass is 309 g/mol. The Morgan fingerprint density at radius 3 is 2.80 bits per heavy atom. The topological polar surface area (TPSA) is 29.9 Å². The molecule has 1 N–H and O–H groups in total. The van der Waals surface area contributed by atoms with Crippen molar-refractivity contribution in [3.63, 3.8) is 0 Å². The van der Waals surface area contributed by atoms with E-state index >= 15 is 0 Å². The van der Waals surface area contributed by atoms with Crippen LogP contribution in [-0.2, 0) is 13.6 Å². The van der Waals surface area contributed by atoms with Gasteiger partial charge in [-0.05, 0) is 30.2 Å². The highest BCUT2D eigenvalue weighted by molar-refractivity contribution is 7.99. The normalized spacial score (nSPS) is 11.2. The maximum Gasteiger partial charge on any atom is 0.0629 e. The van der Waals surface area contributed by atoms with Crippen molar-refractivity contribution in [1.82, 2.24) is 15.1 Å². The molecule has 0 bridgehead atoms. The van der Waals surface area contributed by atoms with Crippen molar-refractivity contribution < 1.29 is 0 Å². The zero-order valence-corrected chi connectivity index (χ0v) is 13.6. The van der Waals surface area contributed by atoms with E-state index < -0.39 is 0 Å². The van der Waals surface area contributed by atoms with Gasteiger partial charge in [-0.2, -0.15) is 5.10 Å². The summed E-state index contributed by atoms with van der Waals surface area (Å²) in [7, 11) is 1.91. The van der Waals surface area contributed by atoms with E-state index in [4.69, 9.17) is 11.6 Å². The molecule has 108 valence electrons. The molecule has 0 radical (unpaired) electrons. The maximum absolute atomic E-state index is 6.35. The van der Waals surface area contributed by atoms with Crippen LogP contribution < -0.4 is 5.32 Å². The molecule has 1 aromatic heterocycles. The van der Waals surface area contributed by atoms with Gasteiger partial charge in [-0.25, -0.2) is 0 Å². The first-order chi connectivity index (χ1) is 9.54. The van der Waals surface area contributed by atoms with E-state index in [-0.39, 0.29) is 0 Å². The van der Waals surface area contributed by atoms with Crippen LogP contribution in [0.2, 0.25) is 5.02 Å². The molecule has 1 aromatic carbocycles. The Hall–Kier alpha value is -0.970. The highest BCUT2D eigenvalue weighted by atomic mass is 35.5. The van der Waals surface area contributed by atoms with Gasteiger partial charge in [0, 0.05) is 24.7 Å². The summed E-state index contributed by atoms with van der Waals surface area (Å²) in [5.41, 5.74) is 1.21. The van der Waals surface area contributed by atoms with E-state index in [1.165, 1.54) is 5.56 Å². The summed E-state index contributed by atoms with van der Waals surface area (Å²) >= 11 is 7.99. The Balaban J connectivity index is 1.98. The van der Waals surface area contributed by atoms with Crippen LogP contribution in [0.25, 0.3) is 0 Å². The second-order valence-corrected chi connectivity index (χ2v) is 6.76. The van der Waals surface area contributed by atoms with Gasteiger partial charge in [0.05, 0.1) is 16.1 Å². The Bertz CT molecular complexity index is 566. The summed E-state index contributed by atoms with van der Waals surface area (Å²) in [5, 5.41) is 8.38. The van der Waals surface area contributed by atoms with E-state index in [1.54, 1.807) is 16.4 Å². The Labute approximate surface area is 129 Å². The van der Waals surface area contributed by atoms with Gasteiger partial charge < -0.3 is 5.32 Å². The third-order valence-electron chi connectivity index (χ3n) is 2.79. The number of hydrogen-bond donors (Lipinski definition) is 1. The maximum atomic E-state index is 6.35. The molecule has 0 saturated heterocycles. The SMILES string of the molecule is CC(C)CNCc1ccc(Sc2cnn(C)c2)c(Cl)c1. The second-order valence-electron chi connectivity index (χ2n) is 5.24. The summed E-state index contributed by atoms with van der Waals surface area (Å²) in [6.45, 7) is 6.28. The Morgan fingerprint density at radius 2 is 2.20 bits per heavy atom. The lowest BCUT2D eigenvalue weighted by atomic mass is 10.2. The quantitative estimate of drug-likeness (QED) is 0.875. The molecule has 0 unspecified atom stereocenters. The lowest BCUT2D eigenvalue weighted by molar-refractivity contribution is 0.552. The standard InChI is InChI=1S/C15H20ClN3S/c1-11(2)7-17-8-12-4-5-15(14(16)6-12)20-13-9-18-19(3)10-13/h4-6,9-11,17H,7-8H2,1-3H3. The number of rotatable bonds is 6. The average Bonchev–Trinajstić information content (AvgIpc) is 2.78. The van der Waals surface area contributed by atoms with Crippen molar-refractivity contribution in [2.24, 2.45) is 13.0 Å². The molecule has 0 aliphatic heterocycles. The first-order valence-corrected chi connectivity index (χ1v) is 7.89. The van der Waals surface area contributed by atoms with Gasteiger partial charge in [0.15, 0.2) is 0 Å². The van der Waals surface area contributed by atoms with Crippen molar-refractivity contribution in [1.29, 1.82) is 0 Å². The van der Waals surface area contributed by atoms with Crippen molar-refractivity contribution in [3.05, 3.63) is 41.2 Å². The molecule has 0 aliphatic carbocycles. The van der Waals surface area contributed by atoms with Gasteiger partial charge >= 0.3 is 0 Å². The zero-order valence-electron chi connectivity index (χ0n) is 12.1. The summed E-state index contributed by atoms with van der Waals surface area (Å²) < 4.78 is 1.79. The summed E-state index contributed by atoms with van der Waals surface area (Å²) in [6.07, 6.45) is 3.83. The molecule has 5 heteroatoms. The number of hydrogen-bond acceptors (Lipinski definition) is 3. The first kappa shape index (κ1) is 15.4. The highest BCUT2D eigenvalue weighted by Crippen LogP contribution is 2.33. The smallest absolute Gasteiger partial charge is 0.0629 e. The lowest BCUT2D eigenvalue weighted by Gasteiger charge is -2.09. The van der Waals surface area contributed by atoms with E-state index in [9.17, 15) is 0 Å². The van der Waals surface area contributed by atoms with Crippen LogP contribution in [-0.4, -0.2) is 16.3 Å². The molecule has 20 heavy (non-hydrogen) atoms. The van der Waals surface area contributed by atoms with Crippen molar-refractivity contribution in [2.75, 3.05) is 6.54 Å². The highest BCUT2D eigenvalue weighted by Gasteiger charge is 2.06. The third kappa shape index (κ3) is 4.54. The Morgan fingerprint density at radius 1 is 1.40 bits per heavy atom. The minimum Gasteiger partial charge on any atom is -0.312 e. The summed E-state index contributed by atoms with van der Waals surface area (Å²) in [5.74, 6) is 0.658. The fraction of sp³-hybridized carbons (Fsp3) is 0.400. The zero-order chi connectivity index (χ0) is 14.5. The van der Waals surface area contributed by atoms with Gasteiger partial charge in [0.1, 0.15) is 0 Å². The van der Waals surface area contributed by atoms with Crippen molar-refractivity contribution in [3.8, 4) is 0 Å². The average molecular weight is 310 g/mol. The van der Waals surface area contributed by atoms with Crippen molar-refractivity contribution in [2.45, 2.75) is 30.2 Å². The molecular formula is C15H20ClN3S. The van der Waals surface area contributed by atoms with Gasteiger partial charge in [-0.15, -0.1) is 0 Å². The van der Waals surface area contributed by atoms with Crippen LogP contribution in [0.5, 0.6) is 0 Å². The van der Waals surface area contributed by atoms with Gasteiger partial charge in [-0.1, -0.05) is 43.3 Å². The fourth-order valence-corrected chi connectivity index (χ4v) is 2.99. The number of aryl methyl sites for hydroxylation is 1. The minimum atomic E-state index is 0.658. The number of nitrogens with zero attached hydrogens (tertiary/aromatic N) is 2. The lowest BCUT2D eigenvalue weighted by Crippen LogP contribution is -2.18. The van der Waals surface area contributed by atoms with Crippen LogP contribution in [0.1, 0.15) is 19.4 Å². The Kier molecular flexibility index (Phi) is 5.52. The number of benzene rings is 1. The predicted molar refractivity (Wildman–Crippen MR) is 85.3 cm³/mol. The summed E-state index contributed by atoms with van der Waals surface area (Å²) in [4.78, 5) is 2.16. The van der Waals surface area contributed by atoms with Crippen LogP contribution in [0, 0.1) is 5.92 Å². The molecule has 0 saturated carbocycles. The molecule has 1 heterocycles. The van der Waals surface area contributed by atoms with Gasteiger partial charge in [0.25, 0.3) is 0 Å². The van der Waals surface area contributed by atoms with Crippen LogP contribution in [0.4, 0.5) is 0 Å². The molecule has 2 aromatic rings.